The summed E-state index contributed by atoms with van der Waals surface area (Å²) in [4.78, 5) is 0. The zero-order chi connectivity index (χ0) is 10.5. The number of rotatable bonds is 3. The number of halogens is 1. The van der Waals surface area contributed by atoms with Crippen molar-refractivity contribution >= 4 is 19.9 Å². The zero-order valence-electron chi connectivity index (χ0n) is 9.16. The van der Waals surface area contributed by atoms with Gasteiger partial charge in [0, 0.05) is 0 Å². The van der Waals surface area contributed by atoms with Crippen molar-refractivity contribution in [1.82, 2.24) is 0 Å². The molecule has 1 unspecified atom stereocenters. The highest BCUT2D eigenvalue weighted by atomic mass is 35.6. The third kappa shape index (κ3) is 2.85. The highest BCUT2D eigenvalue weighted by Gasteiger charge is 2.24. The van der Waals surface area contributed by atoms with Crippen LogP contribution in [0.4, 0.5) is 0 Å². The van der Waals surface area contributed by atoms with Gasteiger partial charge in [-0.2, -0.15) is 11.1 Å². The molecule has 15 heavy (non-hydrogen) atoms. The molecule has 1 fully saturated rings. The van der Waals surface area contributed by atoms with Gasteiger partial charge in [-0.1, -0.05) is 62.4 Å². The van der Waals surface area contributed by atoms with Crippen LogP contribution in [0.1, 0.15) is 43.2 Å². The monoisotopic (exact) mass is 238 g/mol. The largest absolute Gasteiger partial charge is 0.175 e. The van der Waals surface area contributed by atoms with Gasteiger partial charge in [0.25, 0.3) is 0 Å². The molecule has 0 amide bonds. The van der Waals surface area contributed by atoms with Crippen LogP contribution in [0.2, 0.25) is 0 Å². The molecule has 1 aliphatic carbocycles. The first-order chi connectivity index (χ1) is 7.42. The summed E-state index contributed by atoms with van der Waals surface area (Å²) in [6.07, 6.45) is 7.07. The van der Waals surface area contributed by atoms with E-state index < -0.39 is 8.83 Å². The molecular weight excluding hydrogens is 220 g/mol. The van der Waals surface area contributed by atoms with Crippen molar-refractivity contribution in [3.63, 3.8) is 0 Å². The normalized spacial score (nSPS) is 20.9. The second kappa shape index (κ2) is 5.71. The van der Waals surface area contributed by atoms with Gasteiger partial charge in [-0.3, -0.25) is 0 Å². The van der Waals surface area contributed by atoms with E-state index in [9.17, 15) is 0 Å². The predicted molar refractivity (Wildman–Crippen MR) is 70.2 cm³/mol. The maximum absolute atomic E-state index is 6.27. The average molecular weight is 239 g/mol. The Labute approximate surface area is 99.6 Å². The third-order valence-corrected chi connectivity index (χ3v) is 6.08. The molecule has 0 nitrogen and oxygen atoms in total. The summed E-state index contributed by atoms with van der Waals surface area (Å²) in [6, 6.07) is 10.9. The first-order valence-corrected chi connectivity index (χ1v) is 8.98. The summed E-state index contributed by atoms with van der Waals surface area (Å²) in [5, 5.41) is 0. The first-order valence-electron chi connectivity index (χ1n) is 6.02. The molecule has 1 aromatic carbocycles. The minimum atomic E-state index is -0.443. The summed E-state index contributed by atoms with van der Waals surface area (Å²) in [5.41, 5.74) is 2.21. The van der Waals surface area contributed by atoms with Gasteiger partial charge in [-0.05, 0) is 17.0 Å². The fourth-order valence-electron chi connectivity index (χ4n) is 2.72. The van der Waals surface area contributed by atoms with E-state index in [0.717, 1.165) is 5.92 Å². The molecule has 82 valence electrons. The summed E-state index contributed by atoms with van der Waals surface area (Å²) >= 11 is 6.27. The van der Waals surface area contributed by atoms with E-state index in [2.05, 4.69) is 30.3 Å². The van der Waals surface area contributed by atoms with E-state index in [0.29, 0.717) is 5.54 Å². The van der Waals surface area contributed by atoms with Gasteiger partial charge in [-0.25, -0.2) is 0 Å². The molecule has 1 aliphatic rings. The third-order valence-electron chi connectivity index (χ3n) is 3.61. The van der Waals surface area contributed by atoms with Crippen LogP contribution in [-0.2, 0) is 0 Å². The average Bonchev–Trinajstić information content (AvgIpc) is 2.33. The van der Waals surface area contributed by atoms with Crippen molar-refractivity contribution in [2.75, 3.05) is 0 Å². The molecule has 2 rings (SSSR count). The standard InChI is InChI=1S/C13H19ClSi/c14-15-13(11-7-3-1-4-8-11)12-9-5-2-6-10-12/h1,3-4,7-8,12-13H,2,5-6,9-10,15H2. The topological polar surface area (TPSA) is 0 Å². The lowest BCUT2D eigenvalue weighted by Gasteiger charge is -2.29. The molecule has 2 heteroatoms. The molecule has 0 spiro atoms. The van der Waals surface area contributed by atoms with Gasteiger partial charge in [0.15, 0.2) is 0 Å². The second-order valence-electron chi connectivity index (χ2n) is 4.57. The molecule has 0 aromatic heterocycles. The molecule has 0 radical (unpaired) electrons. The number of hydrogen-bond donors (Lipinski definition) is 0. The van der Waals surface area contributed by atoms with Gasteiger partial charge in [0.2, 0.25) is 0 Å². The predicted octanol–water partition coefficient (Wildman–Crippen LogP) is 3.63. The molecule has 0 saturated heterocycles. The Morgan fingerprint density at radius 1 is 1.07 bits per heavy atom. The van der Waals surface area contributed by atoms with E-state index in [-0.39, 0.29) is 0 Å². The summed E-state index contributed by atoms with van der Waals surface area (Å²) in [6.45, 7) is 0. The molecule has 1 atom stereocenters. The summed E-state index contributed by atoms with van der Waals surface area (Å²) in [5.74, 6) is 0.880. The Hall–Kier alpha value is -0.273. The SMILES string of the molecule is Cl[SiH2]C(c1ccccc1)C1CCCCC1. The summed E-state index contributed by atoms with van der Waals surface area (Å²) in [7, 11) is -0.443. The van der Waals surface area contributed by atoms with Crippen LogP contribution in [0.3, 0.4) is 0 Å². The van der Waals surface area contributed by atoms with E-state index in [1.54, 1.807) is 0 Å². The van der Waals surface area contributed by atoms with Crippen molar-refractivity contribution in [3.05, 3.63) is 35.9 Å². The summed E-state index contributed by atoms with van der Waals surface area (Å²) < 4.78 is 0. The zero-order valence-corrected chi connectivity index (χ0v) is 11.3. The van der Waals surface area contributed by atoms with Crippen molar-refractivity contribution in [2.45, 2.75) is 37.6 Å². The van der Waals surface area contributed by atoms with Gasteiger partial charge in [0.05, 0.1) is 0 Å². The van der Waals surface area contributed by atoms with Crippen LogP contribution in [0.5, 0.6) is 0 Å². The molecule has 0 heterocycles. The minimum absolute atomic E-state index is 0.443. The van der Waals surface area contributed by atoms with Crippen LogP contribution in [0, 0.1) is 5.92 Å². The molecule has 0 bridgehead atoms. The van der Waals surface area contributed by atoms with Crippen LogP contribution in [0.25, 0.3) is 0 Å². The quantitative estimate of drug-likeness (QED) is 0.557. The lowest BCUT2D eigenvalue weighted by atomic mass is 9.84. The van der Waals surface area contributed by atoms with E-state index in [1.807, 2.05) is 0 Å². The van der Waals surface area contributed by atoms with Gasteiger partial charge >= 0.3 is 0 Å². The van der Waals surface area contributed by atoms with Crippen LogP contribution in [-0.4, -0.2) is 8.83 Å². The highest BCUT2D eigenvalue weighted by molar-refractivity contribution is 6.94. The minimum Gasteiger partial charge on any atom is -0.175 e. The first kappa shape index (κ1) is 11.2. The Kier molecular flexibility index (Phi) is 4.27. The molecule has 0 N–H and O–H groups in total. The maximum Gasteiger partial charge on any atom is 0.133 e. The smallest absolute Gasteiger partial charge is 0.133 e. The molecule has 0 aliphatic heterocycles. The van der Waals surface area contributed by atoms with Crippen molar-refractivity contribution in [2.24, 2.45) is 5.92 Å². The van der Waals surface area contributed by atoms with Crippen molar-refractivity contribution in [3.8, 4) is 0 Å². The van der Waals surface area contributed by atoms with Crippen LogP contribution in [0.15, 0.2) is 30.3 Å². The highest BCUT2D eigenvalue weighted by Crippen LogP contribution is 2.35. The Morgan fingerprint density at radius 2 is 1.73 bits per heavy atom. The molecule has 1 saturated carbocycles. The van der Waals surface area contributed by atoms with Crippen molar-refractivity contribution in [1.29, 1.82) is 0 Å². The Bertz CT molecular complexity index is 280. The van der Waals surface area contributed by atoms with Gasteiger partial charge in [-0.15, -0.1) is 0 Å². The fourth-order valence-corrected chi connectivity index (χ4v) is 5.19. The maximum atomic E-state index is 6.27. The lowest BCUT2D eigenvalue weighted by molar-refractivity contribution is 0.347. The molecule has 1 aromatic rings. The second-order valence-corrected chi connectivity index (χ2v) is 6.68. The molecular formula is C13H19ClSi. The van der Waals surface area contributed by atoms with Crippen LogP contribution < -0.4 is 0 Å². The van der Waals surface area contributed by atoms with E-state index in [1.165, 1.54) is 37.7 Å². The Morgan fingerprint density at radius 3 is 2.33 bits per heavy atom. The van der Waals surface area contributed by atoms with Crippen LogP contribution >= 0.6 is 11.1 Å². The van der Waals surface area contributed by atoms with Gasteiger partial charge in [0.1, 0.15) is 8.83 Å². The Balaban J connectivity index is 2.09. The number of hydrogen-bond acceptors (Lipinski definition) is 0. The van der Waals surface area contributed by atoms with Gasteiger partial charge < -0.3 is 0 Å². The van der Waals surface area contributed by atoms with E-state index >= 15 is 0 Å². The lowest BCUT2D eigenvalue weighted by Crippen LogP contribution is -2.19. The van der Waals surface area contributed by atoms with E-state index in [4.69, 9.17) is 11.1 Å². The number of benzene rings is 1. The fraction of sp³-hybridized carbons (Fsp3) is 0.538. The van der Waals surface area contributed by atoms with Crippen molar-refractivity contribution < 1.29 is 0 Å².